The number of aromatic nitrogens is 2. The molecule has 126 valence electrons. The second-order valence-electron chi connectivity index (χ2n) is 5.99. The molecule has 0 atom stereocenters. The van der Waals surface area contributed by atoms with Gasteiger partial charge >= 0.3 is 0 Å². The van der Waals surface area contributed by atoms with Gasteiger partial charge in [0.05, 0.1) is 27.1 Å². The van der Waals surface area contributed by atoms with Crippen molar-refractivity contribution in [2.24, 2.45) is 0 Å². The summed E-state index contributed by atoms with van der Waals surface area (Å²) in [5, 5.41) is 0. The van der Waals surface area contributed by atoms with E-state index < -0.39 is 0 Å². The van der Waals surface area contributed by atoms with Gasteiger partial charge in [0.15, 0.2) is 4.96 Å². The van der Waals surface area contributed by atoms with E-state index in [4.69, 9.17) is 4.74 Å². The van der Waals surface area contributed by atoms with Gasteiger partial charge in [0, 0.05) is 0 Å². The van der Waals surface area contributed by atoms with Gasteiger partial charge < -0.3 is 4.74 Å². The molecule has 0 amide bonds. The van der Waals surface area contributed by atoms with Crippen molar-refractivity contribution in [2.75, 3.05) is 7.11 Å². The molecule has 0 aliphatic heterocycles. The van der Waals surface area contributed by atoms with Gasteiger partial charge in [0.2, 0.25) is 0 Å². The van der Waals surface area contributed by atoms with Crippen LogP contribution in [0.25, 0.3) is 22.1 Å². The third-order valence-electron chi connectivity index (χ3n) is 4.15. The molecule has 2 heterocycles. The summed E-state index contributed by atoms with van der Waals surface area (Å²) in [7, 11) is 1.63. The standard InChI is InChI=1S/C19H15BrN2O2S/c1-10-6-11(2)17-14(7-10)22-18(23)16(25-19(22)21-17)9-12-4-5-15(24-3)13(20)8-12/h4-9H,1-3H3/b16-9-. The van der Waals surface area contributed by atoms with Crippen LogP contribution in [0.1, 0.15) is 16.7 Å². The Hall–Kier alpha value is -2.18. The first-order chi connectivity index (χ1) is 12.0. The fourth-order valence-electron chi connectivity index (χ4n) is 3.03. The highest BCUT2D eigenvalue weighted by atomic mass is 79.9. The van der Waals surface area contributed by atoms with E-state index in [0.717, 1.165) is 42.9 Å². The number of nitrogens with zero attached hydrogens (tertiary/aromatic N) is 2. The first-order valence-electron chi connectivity index (χ1n) is 7.75. The summed E-state index contributed by atoms with van der Waals surface area (Å²) in [6, 6.07) is 9.85. The van der Waals surface area contributed by atoms with Gasteiger partial charge in [-0.05, 0) is 70.7 Å². The van der Waals surface area contributed by atoms with Crippen LogP contribution in [0.5, 0.6) is 5.75 Å². The number of hydrogen-bond donors (Lipinski definition) is 0. The SMILES string of the molecule is COc1ccc(/C=c2\sc3nc4c(C)cc(C)cc4n3c2=O)cc1Br. The summed E-state index contributed by atoms with van der Waals surface area (Å²) in [5.41, 5.74) is 4.90. The van der Waals surface area contributed by atoms with Crippen molar-refractivity contribution in [3.8, 4) is 5.75 Å². The molecule has 4 nitrogen and oxygen atoms in total. The van der Waals surface area contributed by atoms with Crippen molar-refractivity contribution in [3.63, 3.8) is 0 Å². The summed E-state index contributed by atoms with van der Waals surface area (Å²) >= 11 is 4.89. The molecule has 0 N–H and O–H groups in total. The lowest BCUT2D eigenvalue weighted by atomic mass is 10.1. The molecule has 0 spiro atoms. The fourth-order valence-corrected chi connectivity index (χ4v) is 4.57. The molecule has 0 radical (unpaired) electrons. The van der Waals surface area contributed by atoms with E-state index in [9.17, 15) is 4.79 Å². The van der Waals surface area contributed by atoms with Crippen LogP contribution in [0.2, 0.25) is 0 Å². The van der Waals surface area contributed by atoms with Gasteiger partial charge in [-0.15, -0.1) is 0 Å². The van der Waals surface area contributed by atoms with Crippen LogP contribution in [-0.2, 0) is 0 Å². The third-order valence-corrected chi connectivity index (χ3v) is 5.74. The van der Waals surface area contributed by atoms with Gasteiger partial charge in [-0.25, -0.2) is 9.38 Å². The van der Waals surface area contributed by atoms with Crippen molar-refractivity contribution in [3.05, 3.63) is 66.4 Å². The topological polar surface area (TPSA) is 43.6 Å². The van der Waals surface area contributed by atoms with Crippen molar-refractivity contribution in [2.45, 2.75) is 13.8 Å². The van der Waals surface area contributed by atoms with Gasteiger partial charge in [-0.3, -0.25) is 4.79 Å². The van der Waals surface area contributed by atoms with Crippen molar-refractivity contribution >= 4 is 49.3 Å². The average Bonchev–Trinajstić information content (AvgIpc) is 3.06. The zero-order valence-electron chi connectivity index (χ0n) is 14.0. The highest BCUT2D eigenvalue weighted by molar-refractivity contribution is 9.10. The van der Waals surface area contributed by atoms with Crippen LogP contribution in [0.3, 0.4) is 0 Å². The van der Waals surface area contributed by atoms with Crippen molar-refractivity contribution < 1.29 is 4.74 Å². The predicted molar refractivity (Wildman–Crippen MR) is 106 cm³/mol. The number of halogens is 1. The first kappa shape index (κ1) is 16.3. The number of aryl methyl sites for hydroxylation is 2. The van der Waals surface area contributed by atoms with Crippen LogP contribution in [0, 0.1) is 13.8 Å². The molecule has 0 fully saturated rings. The lowest BCUT2D eigenvalue weighted by Gasteiger charge is -2.02. The third kappa shape index (κ3) is 2.65. The Morgan fingerprint density at radius 1 is 1.24 bits per heavy atom. The molecule has 2 aromatic heterocycles. The highest BCUT2D eigenvalue weighted by Crippen LogP contribution is 2.26. The van der Waals surface area contributed by atoms with E-state index >= 15 is 0 Å². The minimum absolute atomic E-state index is 0.0283. The summed E-state index contributed by atoms with van der Waals surface area (Å²) < 4.78 is 8.48. The molecule has 4 rings (SSSR count). The summed E-state index contributed by atoms with van der Waals surface area (Å²) in [6.07, 6.45) is 1.89. The molecule has 6 heteroatoms. The number of benzene rings is 2. The van der Waals surface area contributed by atoms with E-state index in [-0.39, 0.29) is 5.56 Å². The van der Waals surface area contributed by atoms with E-state index in [2.05, 4.69) is 27.0 Å². The number of hydrogen-bond acceptors (Lipinski definition) is 4. The second-order valence-corrected chi connectivity index (χ2v) is 7.85. The number of fused-ring (bicyclic) bond motifs is 3. The Kier molecular flexibility index (Phi) is 3.89. The minimum atomic E-state index is -0.0283. The van der Waals surface area contributed by atoms with Crippen LogP contribution in [0.4, 0.5) is 0 Å². The van der Waals surface area contributed by atoms with Crippen molar-refractivity contribution in [1.82, 2.24) is 9.38 Å². The first-order valence-corrected chi connectivity index (χ1v) is 9.36. The molecule has 25 heavy (non-hydrogen) atoms. The van der Waals surface area contributed by atoms with E-state index in [1.807, 2.05) is 44.2 Å². The van der Waals surface area contributed by atoms with Gasteiger partial charge in [-0.1, -0.05) is 23.5 Å². The zero-order chi connectivity index (χ0) is 17.7. The van der Waals surface area contributed by atoms with Gasteiger partial charge in [-0.2, -0.15) is 0 Å². The Bertz CT molecular complexity index is 1240. The van der Waals surface area contributed by atoms with E-state index in [0.29, 0.717) is 4.53 Å². The van der Waals surface area contributed by atoms with E-state index in [1.54, 1.807) is 11.5 Å². The fraction of sp³-hybridized carbons (Fsp3) is 0.158. The van der Waals surface area contributed by atoms with E-state index in [1.165, 1.54) is 11.3 Å². The molecule has 0 saturated heterocycles. The minimum Gasteiger partial charge on any atom is -0.496 e. The number of thiazole rings is 1. The van der Waals surface area contributed by atoms with Crippen LogP contribution >= 0.6 is 27.3 Å². The summed E-state index contributed by atoms with van der Waals surface area (Å²) in [5.74, 6) is 0.762. The smallest absolute Gasteiger partial charge is 0.274 e. The number of ether oxygens (including phenoxy) is 1. The van der Waals surface area contributed by atoms with Crippen LogP contribution in [-0.4, -0.2) is 16.5 Å². The Balaban J connectivity index is 1.96. The zero-order valence-corrected chi connectivity index (χ0v) is 16.4. The number of methoxy groups -OCH3 is 1. The Labute approximate surface area is 156 Å². The highest BCUT2D eigenvalue weighted by Gasteiger charge is 2.13. The quantitative estimate of drug-likeness (QED) is 0.500. The average molecular weight is 415 g/mol. The number of imidazole rings is 1. The lowest BCUT2D eigenvalue weighted by Crippen LogP contribution is -2.22. The molecule has 0 aliphatic rings. The predicted octanol–water partition coefficient (Wildman–Crippen LogP) is 3.84. The molecular formula is C19H15BrN2O2S. The lowest BCUT2D eigenvalue weighted by molar-refractivity contribution is 0.412. The maximum Gasteiger partial charge on any atom is 0.274 e. The molecule has 0 aliphatic carbocycles. The molecular weight excluding hydrogens is 400 g/mol. The normalized spacial score (nSPS) is 12.4. The van der Waals surface area contributed by atoms with Crippen LogP contribution in [0.15, 0.2) is 39.6 Å². The Morgan fingerprint density at radius 2 is 2.04 bits per heavy atom. The Morgan fingerprint density at radius 3 is 2.76 bits per heavy atom. The molecule has 4 aromatic rings. The van der Waals surface area contributed by atoms with Crippen LogP contribution < -0.4 is 14.8 Å². The monoisotopic (exact) mass is 414 g/mol. The van der Waals surface area contributed by atoms with Gasteiger partial charge in [0.25, 0.3) is 5.56 Å². The second kappa shape index (κ2) is 5.97. The molecule has 0 saturated carbocycles. The maximum atomic E-state index is 12.9. The molecule has 2 aromatic carbocycles. The largest absolute Gasteiger partial charge is 0.496 e. The number of rotatable bonds is 2. The van der Waals surface area contributed by atoms with Crippen molar-refractivity contribution in [1.29, 1.82) is 0 Å². The molecule has 0 bridgehead atoms. The van der Waals surface area contributed by atoms with Gasteiger partial charge in [0.1, 0.15) is 5.75 Å². The summed E-state index contributed by atoms with van der Waals surface area (Å²) in [6.45, 7) is 4.06. The maximum absolute atomic E-state index is 12.9. The molecule has 0 unspecified atom stereocenters. The summed E-state index contributed by atoms with van der Waals surface area (Å²) in [4.78, 5) is 18.3.